The van der Waals surface area contributed by atoms with Crippen molar-refractivity contribution < 1.29 is 36.2 Å². The summed E-state index contributed by atoms with van der Waals surface area (Å²) >= 11 is 0. The second-order valence-corrected chi connectivity index (χ2v) is 10.9. The second kappa shape index (κ2) is 10.2. The molecule has 2 fully saturated rings. The van der Waals surface area contributed by atoms with Crippen LogP contribution in [0, 0.1) is 11.6 Å². The summed E-state index contributed by atoms with van der Waals surface area (Å²) in [7, 11) is -4.15. The summed E-state index contributed by atoms with van der Waals surface area (Å²) < 4.78 is 77.0. The van der Waals surface area contributed by atoms with Gasteiger partial charge in [0.25, 0.3) is 0 Å². The molecule has 0 radical (unpaired) electrons. The van der Waals surface area contributed by atoms with Crippen molar-refractivity contribution in [2.45, 2.75) is 55.6 Å². The minimum atomic E-state index is -4.15. The van der Waals surface area contributed by atoms with Gasteiger partial charge in [0, 0.05) is 36.1 Å². The van der Waals surface area contributed by atoms with Gasteiger partial charge >= 0.3 is 5.97 Å². The van der Waals surface area contributed by atoms with Crippen LogP contribution < -0.4 is 14.8 Å². The first-order valence-corrected chi connectivity index (χ1v) is 12.9. The van der Waals surface area contributed by atoms with Crippen molar-refractivity contribution in [2.75, 3.05) is 13.2 Å². The van der Waals surface area contributed by atoms with Gasteiger partial charge in [-0.05, 0) is 37.4 Å². The average Bonchev–Trinajstić information content (AvgIpc) is 3.57. The van der Waals surface area contributed by atoms with Crippen LogP contribution in [0.2, 0.25) is 0 Å². The molecule has 1 saturated carbocycles. The zero-order chi connectivity index (χ0) is 25.2. The third-order valence-corrected chi connectivity index (χ3v) is 8.34. The van der Waals surface area contributed by atoms with Crippen LogP contribution in [0.4, 0.5) is 13.2 Å². The molecule has 1 saturated heterocycles. The number of halogens is 3. The van der Waals surface area contributed by atoms with Crippen LogP contribution in [0.25, 0.3) is 11.1 Å². The summed E-state index contributed by atoms with van der Waals surface area (Å²) in [6, 6.07) is 7.57. The molecule has 2 aliphatic rings. The lowest BCUT2D eigenvalue weighted by molar-refractivity contribution is -0.137. The van der Waals surface area contributed by atoms with Crippen LogP contribution in [-0.4, -0.2) is 49.7 Å². The van der Waals surface area contributed by atoms with Gasteiger partial charge < -0.3 is 15.2 Å². The lowest BCUT2D eigenvalue weighted by atomic mass is 9.91. The second-order valence-electron chi connectivity index (χ2n) is 8.91. The summed E-state index contributed by atoms with van der Waals surface area (Å²) in [5.74, 6) is -2.73. The number of rotatable bonds is 10. The highest BCUT2D eigenvalue weighted by Crippen LogP contribution is 2.44. The highest BCUT2D eigenvalue weighted by atomic mass is 32.2. The zero-order valence-electron chi connectivity index (χ0n) is 18.9. The van der Waals surface area contributed by atoms with Gasteiger partial charge in [0.1, 0.15) is 5.82 Å². The number of sulfonamides is 1. The number of carbonyl (C=O) groups is 1. The third kappa shape index (κ3) is 5.62. The van der Waals surface area contributed by atoms with E-state index in [4.69, 9.17) is 9.84 Å². The quantitative estimate of drug-likeness (QED) is 0.450. The number of piperidine rings is 1. The fraction of sp³-hybridized carbons (Fsp3) is 0.458. The van der Waals surface area contributed by atoms with Gasteiger partial charge in [0.15, 0.2) is 11.6 Å². The van der Waals surface area contributed by atoms with E-state index in [1.807, 2.05) is 0 Å². The molecule has 7 nitrogen and oxygen atoms in total. The normalized spacial score (nSPS) is 21.5. The number of nitrogens with one attached hydrogen (secondary N) is 2. The molecule has 190 valence electrons. The molecule has 4 rings (SSSR count). The summed E-state index contributed by atoms with van der Waals surface area (Å²) in [5.41, 5.74) is 0.478. The summed E-state index contributed by atoms with van der Waals surface area (Å²) in [5, 5.41) is 9.79. The van der Waals surface area contributed by atoms with Crippen LogP contribution >= 0.6 is 0 Å². The van der Waals surface area contributed by atoms with E-state index in [1.54, 1.807) is 12.1 Å². The smallest absolute Gasteiger partial charge is 0.306 e. The largest absolute Gasteiger partial charge is 0.489 e. The van der Waals surface area contributed by atoms with E-state index in [9.17, 15) is 22.0 Å². The fourth-order valence-electron chi connectivity index (χ4n) is 4.27. The Hall–Kier alpha value is -2.63. The maximum atomic E-state index is 15.6. The number of alkyl halides is 1. The van der Waals surface area contributed by atoms with Gasteiger partial charge in [0.05, 0.1) is 13.0 Å². The molecule has 0 bridgehead atoms. The predicted octanol–water partition coefficient (Wildman–Crippen LogP) is 3.53. The summed E-state index contributed by atoms with van der Waals surface area (Å²) in [4.78, 5) is 10.8. The minimum Gasteiger partial charge on any atom is -0.489 e. The van der Waals surface area contributed by atoms with Gasteiger partial charge in [-0.1, -0.05) is 30.3 Å². The number of carboxylic acid groups (broad SMARTS) is 1. The van der Waals surface area contributed by atoms with E-state index in [-0.39, 0.29) is 54.7 Å². The molecule has 0 unspecified atom stereocenters. The van der Waals surface area contributed by atoms with Crippen molar-refractivity contribution >= 4 is 16.0 Å². The van der Waals surface area contributed by atoms with Crippen molar-refractivity contribution in [1.82, 2.24) is 10.0 Å². The molecule has 35 heavy (non-hydrogen) atoms. The van der Waals surface area contributed by atoms with Gasteiger partial charge in [-0.15, -0.1) is 0 Å². The van der Waals surface area contributed by atoms with Crippen molar-refractivity contribution in [3.8, 4) is 16.9 Å². The number of carboxylic acids is 1. The first-order chi connectivity index (χ1) is 16.6. The lowest BCUT2D eigenvalue weighted by Gasteiger charge is -2.33. The molecule has 2 aromatic rings. The van der Waals surface area contributed by atoms with Gasteiger partial charge in [-0.2, -0.15) is 0 Å². The standard InChI is InChI=1S/C24H27F3N2O5S/c25-18-7-2-6-17(23(18)34-13-9-21(30)31)16-5-1-4-15(22(16)26)14-20-19(8-3-12-28-20)29-35(32,33)24(27)10-11-24/h1-2,4-7,19-20,28-29H,3,8-14H2,(H,30,31)/t19-,20-/m0/s1. The SMILES string of the molecule is O=C(O)CCOc1c(F)cccc1-c1cccc(C[C@@H]2NCCC[C@@H]2NS(=O)(=O)C2(F)CC2)c1F. The maximum absolute atomic E-state index is 15.6. The zero-order valence-corrected chi connectivity index (χ0v) is 19.7. The fourth-order valence-corrected chi connectivity index (χ4v) is 5.80. The van der Waals surface area contributed by atoms with Crippen LogP contribution in [0.15, 0.2) is 36.4 Å². The van der Waals surface area contributed by atoms with E-state index in [2.05, 4.69) is 10.0 Å². The van der Waals surface area contributed by atoms with E-state index >= 15 is 4.39 Å². The molecule has 1 aliphatic carbocycles. The number of aliphatic carboxylic acids is 1. The Morgan fingerprint density at radius 3 is 2.60 bits per heavy atom. The Labute approximate surface area is 201 Å². The number of benzene rings is 2. The number of para-hydroxylation sites is 1. The molecular weight excluding hydrogens is 485 g/mol. The highest BCUT2D eigenvalue weighted by molar-refractivity contribution is 7.91. The molecule has 0 aromatic heterocycles. The van der Waals surface area contributed by atoms with Gasteiger partial charge in [-0.3, -0.25) is 4.79 Å². The van der Waals surface area contributed by atoms with Crippen LogP contribution in [0.1, 0.15) is 37.7 Å². The van der Waals surface area contributed by atoms with Crippen LogP contribution in [-0.2, 0) is 21.2 Å². The lowest BCUT2D eigenvalue weighted by Crippen LogP contribution is -2.55. The van der Waals surface area contributed by atoms with E-state index in [0.29, 0.717) is 19.4 Å². The van der Waals surface area contributed by atoms with E-state index in [1.165, 1.54) is 18.2 Å². The molecular formula is C24H27F3N2O5S. The Balaban J connectivity index is 1.58. The third-order valence-electron chi connectivity index (χ3n) is 6.35. The Morgan fingerprint density at radius 2 is 1.89 bits per heavy atom. The molecule has 3 N–H and O–H groups in total. The predicted molar refractivity (Wildman–Crippen MR) is 123 cm³/mol. The van der Waals surface area contributed by atoms with Crippen molar-refractivity contribution in [3.05, 3.63) is 53.6 Å². The Morgan fingerprint density at radius 1 is 1.17 bits per heavy atom. The highest BCUT2D eigenvalue weighted by Gasteiger charge is 2.56. The Kier molecular flexibility index (Phi) is 7.39. The van der Waals surface area contributed by atoms with Crippen molar-refractivity contribution in [2.24, 2.45) is 0 Å². The molecule has 1 heterocycles. The number of ether oxygens (including phenoxy) is 1. The molecule has 2 aromatic carbocycles. The van der Waals surface area contributed by atoms with E-state index < -0.39 is 44.7 Å². The van der Waals surface area contributed by atoms with Gasteiger partial charge in [-0.25, -0.2) is 26.3 Å². The molecule has 1 aliphatic heterocycles. The van der Waals surface area contributed by atoms with Crippen LogP contribution in [0.5, 0.6) is 5.75 Å². The summed E-state index contributed by atoms with van der Waals surface area (Å²) in [6.45, 7) is 0.324. The van der Waals surface area contributed by atoms with Crippen LogP contribution in [0.3, 0.4) is 0 Å². The topological polar surface area (TPSA) is 105 Å². The number of hydrogen-bond donors (Lipinski definition) is 3. The monoisotopic (exact) mass is 512 g/mol. The van der Waals surface area contributed by atoms with Gasteiger partial charge in [0.2, 0.25) is 15.0 Å². The molecule has 0 spiro atoms. The first-order valence-electron chi connectivity index (χ1n) is 11.5. The maximum Gasteiger partial charge on any atom is 0.306 e. The van der Waals surface area contributed by atoms with Crippen molar-refractivity contribution in [1.29, 1.82) is 0 Å². The minimum absolute atomic E-state index is 0.0334. The Bertz CT molecular complexity index is 1200. The summed E-state index contributed by atoms with van der Waals surface area (Å²) in [6.07, 6.45) is 0.881. The van der Waals surface area contributed by atoms with E-state index in [0.717, 1.165) is 6.07 Å². The van der Waals surface area contributed by atoms with Crippen molar-refractivity contribution in [3.63, 3.8) is 0 Å². The number of hydrogen-bond acceptors (Lipinski definition) is 5. The molecule has 11 heteroatoms. The molecule has 2 atom stereocenters. The molecule has 0 amide bonds. The average molecular weight is 513 g/mol. The first kappa shape index (κ1) is 25.5.